The molecule has 0 aliphatic carbocycles. The molecule has 140 valence electrons. The number of hydrogen-bond donors (Lipinski definition) is 2. The van der Waals surface area contributed by atoms with Crippen LogP contribution in [0, 0.1) is 0 Å². The number of nitrogens with zero attached hydrogens (tertiary/aromatic N) is 4. The van der Waals surface area contributed by atoms with Gasteiger partial charge in [-0.25, -0.2) is 14.7 Å². The molecule has 2 heterocycles. The van der Waals surface area contributed by atoms with Crippen molar-refractivity contribution >= 4 is 5.96 Å². The Morgan fingerprint density at radius 1 is 1.11 bits per heavy atom. The maximum absolute atomic E-state index is 4.71. The van der Waals surface area contributed by atoms with Crippen molar-refractivity contribution in [2.45, 2.75) is 26.3 Å². The molecule has 6 nitrogen and oxygen atoms in total. The van der Waals surface area contributed by atoms with Gasteiger partial charge in [0, 0.05) is 31.7 Å². The van der Waals surface area contributed by atoms with Crippen LogP contribution in [0.2, 0.25) is 0 Å². The maximum atomic E-state index is 4.71. The number of pyridine rings is 1. The fourth-order valence-corrected chi connectivity index (χ4v) is 2.75. The zero-order valence-electron chi connectivity index (χ0n) is 15.8. The Hall–Kier alpha value is -3.15. The van der Waals surface area contributed by atoms with Gasteiger partial charge in [0.2, 0.25) is 0 Å². The van der Waals surface area contributed by atoms with Gasteiger partial charge in [-0.15, -0.1) is 0 Å². The summed E-state index contributed by atoms with van der Waals surface area (Å²) in [6.07, 6.45) is 5.42. The van der Waals surface area contributed by atoms with E-state index in [4.69, 9.17) is 4.99 Å². The molecule has 0 radical (unpaired) electrons. The fourth-order valence-electron chi connectivity index (χ4n) is 2.75. The van der Waals surface area contributed by atoms with Crippen molar-refractivity contribution in [2.24, 2.45) is 4.99 Å². The van der Waals surface area contributed by atoms with Gasteiger partial charge in [-0.05, 0) is 42.2 Å². The standard InChI is InChI=1S/C21H26N6/c1-3-22-21(24-15-17(2)19-8-5-4-6-9-19)25-16-18-10-12-23-20(14-18)27-13-7-11-26-27/h4-14,17H,3,15-16H2,1-2H3,(H2,22,24,25). The molecule has 0 fully saturated rings. The highest BCUT2D eigenvalue weighted by Crippen LogP contribution is 2.13. The van der Waals surface area contributed by atoms with Crippen molar-refractivity contribution in [2.75, 3.05) is 13.1 Å². The Balaban J connectivity index is 1.63. The van der Waals surface area contributed by atoms with Crippen molar-refractivity contribution in [3.05, 3.63) is 78.2 Å². The summed E-state index contributed by atoms with van der Waals surface area (Å²) in [5, 5.41) is 11.0. The Bertz CT molecular complexity index is 842. The van der Waals surface area contributed by atoms with Gasteiger partial charge in [0.05, 0.1) is 6.54 Å². The van der Waals surface area contributed by atoms with Crippen LogP contribution in [-0.4, -0.2) is 33.8 Å². The van der Waals surface area contributed by atoms with Crippen LogP contribution >= 0.6 is 0 Å². The lowest BCUT2D eigenvalue weighted by molar-refractivity contribution is 0.699. The third kappa shape index (κ3) is 5.41. The molecule has 0 saturated carbocycles. The van der Waals surface area contributed by atoms with Gasteiger partial charge in [0.15, 0.2) is 11.8 Å². The first-order chi connectivity index (χ1) is 13.3. The molecular weight excluding hydrogens is 336 g/mol. The molecule has 2 N–H and O–H groups in total. The average Bonchev–Trinajstić information content (AvgIpc) is 3.26. The minimum atomic E-state index is 0.405. The molecule has 0 bridgehead atoms. The molecule has 1 atom stereocenters. The lowest BCUT2D eigenvalue weighted by Crippen LogP contribution is -2.39. The normalized spacial score (nSPS) is 12.6. The highest BCUT2D eigenvalue weighted by molar-refractivity contribution is 5.79. The monoisotopic (exact) mass is 362 g/mol. The Labute approximate surface area is 160 Å². The van der Waals surface area contributed by atoms with Gasteiger partial charge in [-0.2, -0.15) is 5.10 Å². The molecule has 1 unspecified atom stereocenters. The molecule has 3 rings (SSSR count). The third-order valence-electron chi connectivity index (χ3n) is 4.26. The van der Waals surface area contributed by atoms with Crippen molar-refractivity contribution in [3.8, 4) is 5.82 Å². The summed E-state index contributed by atoms with van der Waals surface area (Å²) in [7, 11) is 0. The number of benzene rings is 1. The van der Waals surface area contributed by atoms with Crippen LogP contribution in [0.4, 0.5) is 0 Å². The molecule has 0 aliphatic heterocycles. The molecule has 27 heavy (non-hydrogen) atoms. The molecule has 3 aromatic rings. The smallest absolute Gasteiger partial charge is 0.191 e. The maximum Gasteiger partial charge on any atom is 0.191 e. The second-order valence-corrected chi connectivity index (χ2v) is 6.36. The van der Waals surface area contributed by atoms with E-state index in [2.05, 4.69) is 58.8 Å². The van der Waals surface area contributed by atoms with E-state index in [0.717, 1.165) is 30.4 Å². The zero-order chi connectivity index (χ0) is 18.9. The first kappa shape index (κ1) is 18.6. The summed E-state index contributed by atoms with van der Waals surface area (Å²) < 4.78 is 1.75. The molecule has 0 spiro atoms. The van der Waals surface area contributed by atoms with Crippen molar-refractivity contribution < 1.29 is 0 Å². The molecule has 6 heteroatoms. The first-order valence-electron chi connectivity index (χ1n) is 9.28. The van der Waals surface area contributed by atoms with Gasteiger partial charge >= 0.3 is 0 Å². The SMILES string of the molecule is CCNC(=NCc1ccnc(-n2cccn2)c1)NCC(C)c1ccccc1. The van der Waals surface area contributed by atoms with Crippen LogP contribution < -0.4 is 10.6 Å². The second kappa shape index (κ2) is 9.52. The van der Waals surface area contributed by atoms with Crippen molar-refractivity contribution in [1.82, 2.24) is 25.4 Å². The lowest BCUT2D eigenvalue weighted by Gasteiger charge is -2.16. The Kier molecular flexibility index (Phi) is 6.57. The highest BCUT2D eigenvalue weighted by Gasteiger charge is 2.06. The number of nitrogens with one attached hydrogen (secondary N) is 2. The number of aromatic nitrogens is 3. The van der Waals surface area contributed by atoms with Gasteiger partial charge in [0.1, 0.15) is 0 Å². The summed E-state index contributed by atoms with van der Waals surface area (Å²) in [5.74, 6) is 2.02. The lowest BCUT2D eigenvalue weighted by atomic mass is 10.0. The summed E-state index contributed by atoms with van der Waals surface area (Å²) in [5.41, 5.74) is 2.41. The van der Waals surface area contributed by atoms with E-state index in [-0.39, 0.29) is 0 Å². The van der Waals surface area contributed by atoms with E-state index >= 15 is 0 Å². The predicted molar refractivity (Wildman–Crippen MR) is 109 cm³/mol. The molecular formula is C21H26N6. The highest BCUT2D eigenvalue weighted by atomic mass is 15.3. The van der Waals surface area contributed by atoms with E-state index in [9.17, 15) is 0 Å². The second-order valence-electron chi connectivity index (χ2n) is 6.36. The average molecular weight is 362 g/mol. The van der Waals surface area contributed by atoms with Gasteiger partial charge < -0.3 is 10.6 Å². The zero-order valence-corrected chi connectivity index (χ0v) is 15.8. The minimum absolute atomic E-state index is 0.405. The first-order valence-corrected chi connectivity index (χ1v) is 9.28. The van der Waals surface area contributed by atoms with Crippen LogP contribution in [0.5, 0.6) is 0 Å². The minimum Gasteiger partial charge on any atom is -0.357 e. The van der Waals surface area contributed by atoms with Crippen LogP contribution in [0.25, 0.3) is 5.82 Å². The summed E-state index contributed by atoms with van der Waals surface area (Å²) in [6, 6.07) is 16.4. The van der Waals surface area contributed by atoms with Crippen molar-refractivity contribution in [3.63, 3.8) is 0 Å². The molecule has 2 aromatic heterocycles. The summed E-state index contributed by atoms with van der Waals surface area (Å²) in [4.78, 5) is 9.07. The largest absolute Gasteiger partial charge is 0.357 e. The number of aliphatic imine (C=N–C) groups is 1. The Morgan fingerprint density at radius 3 is 2.70 bits per heavy atom. The van der Waals surface area contributed by atoms with Gasteiger partial charge in [-0.1, -0.05) is 37.3 Å². The quantitative estimate of drug-likeness (QED) is 0.501. The van der Waals surface area contributed by atoms with Gasteiger partial charge in [0.25, 0.3) is 0 Å². The van der Waals surface area contributed by atoms with Crippen LogP contribution in [0.1, 0.15) is 30.9 Å². The number of rotatable bonds is 7. The van der Waals surface area contributed by atoms with Crippen LogP contribution in [-0.2, 0) is 6.54 Å². The fraction of sp³-hybridized carbons (Fsp3) is 0.286. The topological polar surface area (TPSA) is 67.1 Å². The summed E-state index contributed by atoms with van der Waals surface area (Å²) >= 11 is 0. The number of guanidine groups is 1. The van der Waals surface area contributed by atoms with Crippen LogP contribution in [0.3, 0.4) is 0 Å². The molecule has 0 amide bonds. The third-order valence-corrected chi connectivity index (χ3v) is 4.26. The van der Waals surface area contributed by atoms with E-state index in [1.165, 1.54) is 5.56 Å². The van der Waals surface area contributed by atoms with E-state index in [0.29, 0.717) is 12.5 Å². The molecule has 0 aliphatic rings. The predicted octanol–water partition coefficient (Wildman–Crippen LogP) is 3.13. The van der Waals surface area contributed by atoms with Crippen molar-refractivity contribution in [1.29, 1.82) is 0 Å². The summed E-state index contributed by atoms with van der Waals surface area (Å²) in [6.45, 7) is 6.50. The van der Waals surface area contributed by atoms with Crippen LogP contribution in [0.15, 0.2) is 72.1 Å². The van der Waals surface area contributed by atoms with E-state index < -0.39 is 0 Å². The van der Waals surface area contributed by atoms with Gasteiger partial charge in [-0.3, -0.25) is 0 Å². The Morgan fingerprint density at radius 2 is 1.96 bits per heavy atom. The van der Waals surface area contributed by atoms with E-state index in [1.807, 2.05) is 30.5 Å². The van der Waals surface area contributed by atoms with E-state index in [1.54, 1.807) is 17.1 Å². The number of hydrogen-bond acceptors (Lipinski definition) is 3. The molecule has 0 saturated heterocycles. The molecule has 1 aromatic carbocycles.